The van der Waals surface area contributed by atoms with Gasteiger partial charge in [0.15, 0.2) is 0 Å². The Labute approximate surface area is 219 Å². The summed E-state index contributed by atoms with van der Waals surface area (Å²) in [6.45, 7) is 8.66. The molecule has 36 heavy (non-hydrogen) atoms. The summed E-state index contributed by atoms with van der Waals surface area (Å²) in [4.78, 5) is 0.917. The first-order chi connectivity index (χ1) is 17.1. The molecule has 0 aliphatic carbocycles. The number of aliphatic hydroxyl groups excluding tert-OH is 3. The van der Waals surface area contributed by atoms with Gasteiger partial charge in [-0.15, -0.1) is 0 Å². The summed E-state index contributed by atoms with van der Waals surface area (Å²) in [5, 5.41) is 34.2. The lowest BCUT2D eigenvalue weighted by Crippen LogP contribution is -2.68. The smallest absolute Gasteiger partial charge is 0.261 e. The molecule has 1 saturated heterocycles. The molecular weight excluding hydrogens is 488 g/mol. The van der Waals surface area contributed by atoms with Crippen molar-refractivity contribution >= 4 is 30.5 Å². The fourth-order valence-corrected chi connectivity index (χ4v) is 10.5. The predicted molar refractivity (Wildman–Crippen MR) is 147 cm³/mol. The van der Waals surface area contributed by atoms with E-state index in [1.165, 1.54) is 11.8 Å². The van der Waals surface area contributed by atoms with Gasteiger partial charge in [-0.05, 0) is 34.5 Å². The first-order valence-corrected chi connectivity index (χ1v) is 15.1. The zero-order chi connectivity index (χ0) is 25.9. The van der Waals surface area contributed by atoms with E-state index >= 15 is 0 Å². The van der Waals surface area contributed by atoms with Crippen molar-refractivity contribution in [2.45, 2.75) is 67.5 Å². The Kier molecular flexibility index (Phi) is 8.41. The first kappa shape index (κ1) is 27.1. The van der Waals surface area contributed by atoms with Crippen molar-refractivity contribution in [1.82, 2.24) is 0 Å². The molecule has 5 atom stereocenters. The molecule has 0 unspecified atom stereocenters. The Morgan fingerprint density at radius 3 is 1.81 bits per heavy atom. The van der Waals surface area contributed by atoms with Crippen LogP contribution in [0.5, 0.6) is 0 Å². The second kappa shape index (κ2) is 11.2. The molecule has 1 heterocycles. The number of thioether (sulfide) groups is 1. The minimum Gasteiger partial charge on any atom is -0.405 e. The number of rotatable bonds is 7. The number of hydrogen-bond acceptors (Lipinski definition) is 6. The van der Waals surface area contributed by atoms with Crippen molar-refractivity contribution in [3.8, 4) is 0 Å². The van der Waals surface area contributed by atoms with E-state index in [0.29, 0.717) is 0 Å². The van der Waals surface area contributed by atoms with Crippen LogP contribution in [0.15, 0.2) is 89.8 Å². The monoisotopic (exact) mass is 524 g/mol. The van der Waals surface area contributed by atoms with Crippen LogP contribution < -0.4 is 10.4 Å². The number of benzene rings is 3. The minimum atomic E-state index is -2.85. The van der Waals surface area contributed by atoms with E-state index in [4.69, 9.17) is 9.16 Å². The molecule has 7 heteroatoms. The molecule has 1 fully saturated rings. The van der Waals surface area contributed by atoms with Crippen molar-refractivity contribution in [3.05, 3.63) is 90.5 Å². The van der Waals surface area contributed by atoms with Crippen LogP contribution in [0.3, 0.4) is 0 Å². The number of aryl methyl sites for hydroxylation is 1. The maximum atomic E-state index is 10.9. The Morgan fingerprint density at radius 2 is 1.31 bits per heavy atom. The fourth-order valence-electron chi connectivity index (χ4n) is 4.87. The molecule has 0 radical (unpaired) electrons. The molecule has 0 spiro atoms. The van der Waals surface area contributed by atoms with E-state index < -0.39 is 38.2 Å². The van der Waals surface area contributed by atoms with Crippen LogP contribution in [0.2, 0.25) is 5.04 Å². The van der Waals surface area contributed by atoms with Crippen LogP contribution in [0.1, 0.15) is 26.3 Å². The third-order valence-electron chi connectivity index (χ3n) is 6.82. The Balaban J connectivity index is 1.64. The van der Waals surface area contributed by atoms with E-state index in [1.54, 1.807) is 0 Å². The van der Waals surface area contributed by atoms with Crippen LogP contribution in [-0.2, 0) is 9.16 Å². The summed E-state index contributed by atoms with van der Waals surface area (Å²) in [6, 6.07) is 28.4. The molecule has 1 aliphatic heterocycles. The van der Waals surface area contributed by atoms with Gasteiger partial charge in [0.2, 0.25) is 0 Å². The highest BCUT2D eigenvalue weighted by Gasteiger charge is 2.52. The Morgan fingerprint density at radius 1 is 0.778 bits per heavy atom. The first-order valence-electron chi connectivity index (χ1n) is 12.3. The molecule has 3 N–H and O–H groups in total. The second-order valence-corrected chi connectivity index (χ2v) is 15.9. The molecule has 3 aromatic rings. The average Bonchev–Trinajstić information content (AvgIpc) is 2.87. The highest BCUT2D eigenvalue weighted by atomic mass is 32.2. The lowest BCUT2D eigenvalue weighted by Gasteiger charge is -2.45. The van der Waals surface area contributed by atoms with E-state index in [9.17, 15) is 15.3 Å². The van der Waals surface area contributed by atoms with Gasteiger partial charge >= 0.3 is 0 Å². The largest absolute Gasteiger partial charge is 0.405 e. The van der Waals surface area contributed by atoms with Crippen molar-refractivity contribution in [2.75, 3.05) is 6.61 Å². The lowest BCUT2D eigenvalue weighted by atomic mass is 10.0. The summed E-state index contributed by atoms with van der Waals surface area (Å²) in [5.41, 5.74) is 0.398. The predicted octanol–water partition coefficient (Wildman–Crippen LogP) is 3.47. The molecule has 5 nitrogen and oxygen atoms in total. The third-order valence-corrected chi connectivity index (χ3v) is 13.0. The van der Waals surface area contributed by atoms with Gasteiger partial charge in [0.1, 0.15) is 29.9 Å². The van der Waals surface area contributed by atoms with E-state index in [-0.39, 0.29) is 11.6 Å². The number of hydrogen-bond donors (Lipinski definition) is 3. The maximum absolute atomic E-state index is 10.9. The summed E-state index contributed by atoms with van der Waals surface area (Å²) < 4.78 is 13.1. The average molecular weight is 525 g/mol. The molecule has 4 rings (SSSR count). The third kappa shape index (κ3) is 5.48. The summed E-state index contributed by atoms with van der Waals surface area (Å²) in [6.07, 6.45) is -4.63. The van der Waals surface area contributed by atoms with Crippen LogP contribution in [0.25, 0.3) is 0 Å². The van der Waals surface area contributed by atoms with Crippen LogP contribution >= 0.6 is 11.8 Å². The Hall–Kier alpha value is -1.97. The molecule has 3 aromatic carbocycles. The fraction of sp³-hybridized carbons (Fsp3) is 0.379. The van der Waals surface area contributed by atoms with Gasteiger partial charge in [-0.3, -0.25) is 0 Å². The van der Waals surface area contributed by atoms with Gasteiger partial charge in [0, 0.05) is 4.90 Å². The molecular formula is C29H36O5SSi. The van der Waals surface area contributed by atoms with Gasteiger partial charge < -0.3 is 24.5 Å². The lowest BCUT2D eigenvalue weighted by molar-refractivity contribution is -0.204. The minimum absolute atomic E-state index is 0.0865. The molecule has 1 aliphatic rings. The van der Waals surface area contributed by atoms with Crippen molar-refractivity contribution in [2.24, 2.45) is 0 Å². The zero-order valence-electron chi connectivity index (χ0n) is 21.2. The highest BCUT2D eigenvalue weighted by molar-refractivity contribution is 7.99. The molecule has 0 aromatic heterocycles. The number of ether oxygens (including phenoxy) is 1. The molecule has 192 valence electrons. The zero-order valence-corrected chi connectivity index (χ0v) is 23.1. The molecule has 0 saturated carbocycles. The second-order valence-electron chi connectivity index (χ2n) is 10.4. The van der Waals surface area contributed by atoms with Gasteiger partial charge in [0.05, 0.1) is 6.61 Å². The van der Waals surface area contributed by atoms with E-state index in [1.807, 2.05) is 67.6 Å². The summed E-state index contributed by atoms with van der Waals surface area (Å²) >= 11 is 1.33. The normalized spacial score (nSPS) is 25.0. The maximum Gasteiger partial charge on any atom is 0.261 e. The van der Waals surface area contributed by atoms with Crippen LogP contribution in [-0.4, -0.2) is 60.1 Å². The van der Waals surface area contributed by atoms with Gasteiger partial charge in [-0.2, -0.15) is 0 Å². The van der Waals surface area contributed by atoms with Crippen molar-refractivity contribution < 1.29 is 24.5 Å². The van der Waals surface area contributed by atoms with Crippen LogP contribution in [0, 0.1) is 6.92 Å². The number of aliphatic hydroxyl groups is 3. The quantitative estimate of drug-likeness (QED) is 0.411. The highest BCUT2D eigenvalue weighted by Crippen LogP contribution is 2.38. The van der Waals surface area contributed by atoms with Gasteiger partial charge in [-0.1, -0.05) is 111 Å². The van der Waals surface area contributed by atoms with E-state index in [0.717, 1.165) is 20.8 Å². The summed E-state index contributed by atoms with van der Waals surface area (Å²) in [7, 11) is -2.85. The van der Waals surface area contributed by atoms with Crippen molar-refractivity contribution in [3.63, 3.8) is 0 Å². The summed E-state index contributed by atoms with van der Waals surface area (Å²) in [5.74, 6) is 0. The van der Waals surface area contributed by atoms with Gasteiger partial charge in [0.25, 0.3) is 8.32 Å². The SMILES string of the molecule is Cc1ccc(S[C@@H]2O[C@H](CO[Si](c3ccccc3)(c3ccccc3)C(C)(C)C)[C@H](O)[C@H](O)[C@H]2O)cc1. The standard InChI is InChI=1S/C29H36O5SSi/c1-20-15-17-21(18-16-20)35-28-27(32)26(31)25(30)24(34-28)19-33-36(29(2,3)4,22-11-7-5-8-12-22)23-13-9-6-10-14-23/h5-18,24-28,30-32H,19H2,1-4H3/t24-,25+,26+,27-,28+/m1/s1. The Bertz CT molecular complexity index is 1060. The van der Waals surface area contributed by atoms with E-state index in [2.05, 4.69) is 45.0 Å². The molecule has 0 amide bonds. The topological polar surface area (TPSA) is 79.2 Å². The molecule has 0 bridgehead atoms. The van der Waals surface area contributed by atoms with Crippen molar-refractivity contribution in [1.29, 1.82) is 0 Å². The van der Waals surface area contributed by atoms with Crippen LogP contribution in [0.4, 0.5) is 0 Å². The van der Waals surface area contributed by atoms with Gasteiger partial charge in [-0.25, -0.2) is 0 Å².